The Balaban J connectivity index is 2.39. The highest BCUT2D eigenvalue weighted by molar-refractivity contribution is 5.35. The fourth-order valence-electron chi connectivity index (χ4n) is 1.40. The number of hydrogen-bond acceptors (Lipinski definition) is 3. The Labute approximate surface area is 95.1 Å². The summed E-state index contributed by atoms with van der Waals surface area (Å²) < 4.78 is 1.75. The molecule has 0 radical (unpaired) electrons. The van der Waals surface area contributed by atoms with Crippen LogP contribution in [-0.4, -0.2) is 14.8 Å². The van der Waals surface area contributed by atoms with Gasteiger partial charge in [-0.15, -0.1) is 0 Å². The maximum atomic E-state index is 5.64. The van der Waals surface area contributed by atoms with Crippen LogP contribution in [0, 0.1) is 0 Å². The Bertz CT molecular complexity index is 494. The van der Waals surface area contributed by atoms with Crippen molar-refractivity contribution >= 4 is 5.82 Å². The number of nitrogens with two attached hydrogens (primary N) is 1. The van der Waals surface area contributed by atoms with Crippen molar-refractivity contribution in [3.05, 3.63) is 36.2 Å². The van der Waals surface area contributed by atoms with E-state index in [9.17, 15) is 0 Å². The van der Waals surface area contributed by atoms with Crippen LogP contribution in [0.5, 0.6) is 0 Å². The van der Waals surface area contributed by atoms with Crippen molar-refractivity contribution in [2.24, 2.45) is 0 Å². The zero-order valence-electron chi connectivity index (χ0n) is 9.81. The van der Waals surface area contributed by atoms with Gasteiger partial charge in [-0.1, -0.05) is 26.8 Å². The Morgan fingerprint density at radius 2 is 2.00 bits per heavy atom. The predicted octanol–water partition coefficient (Wildman–Crippen LogP) is 2.15. The highest BCUT2D eigenvalue weighted by atomic mass is 15.3. The molecular formula is C12H16N4. The van der Waals surface area contributed by atoms with Gasteiger partial charge in [0.2, 0.25) is 0 Å². The van der Waals surface area contributed by atoms with Gasteiger partial charge in [0.05, 0.1) is 6.20 Å². The van der Waals surface area contributed by atoms with Crippen molar-refractivity contribution in [2.75, 3.05) is 5.73 Å². The van der Waals surface area contributed by atoms with E-state index in [0.29, 0.717) is 5.82 Å². The van der Waals surface area contributed by atoms with Gasteiger partial charge in [0.15, 0.2) is 5.82 Å². The molecular weight excluding hydrogens is 200 g/mol. The molecule has 0 amide bonds. The van der Waals surface area contributed by atoms with Crippen molar-refractivity contribution in [1.29, 1.82) is 0 Å². The molecule has 0 saturated carbocycles. The number of pyridine rings is 1. The van der Waals surface area contributed by atoms with Crippen LogP contribution in [0.2, 0.25) is 0 Å². The Hall–Kier alpha value is -1.84. The maximum Gasteiger partial charge on any atom is 0.155 e. The zero-order valence-corrected chi connectivity index (χ0v) is 9.81. The van der Waals surface area contributed by atoms with Crippen LogP contribution in [0.25, 0.3) is 5.82 Å². The van der Waals surface area contributed by atoms with Gasteiger partial charge >= 0.3 is 0 Å². The van der Waals surface area contributed by atoms with E-state index in [-0.39, 0.29) is 5.41 Å². The third-order valence-electron chi connectivity index (χ3n) is 2.44. The Kier molecular flexibility index (Phi) is 2.42. The van der Waals surface area contributed by atoms with Gasteiger partial charge in [-0.3, -0.25) is 0 Å². The van der Waals surface area contributed by atoms with Crippen LogP contribution in [0.1, 0.15) is 26.3 Å². The lowest BCUT2D eigenvalue weighted by Gasteiger charge is -2.14. The fraction of sp³-hybridized carbons (Fsp3) is 0.333. The summed E-state index contributed by atoms with van der Waals surface area (Å²) in [6, 6.07) is 5.52. The summed E-state index contributed by atoms with van der Waals surface area (Å²) in [5.74, 6) is 1.25. The summed E-state index contributed by atoms with van der Waals surface area (Å²) >= 11 is 0. The van der Waals surface area contributed by atoms with E-state index in [1.807, 2.05) is 24.5 Å². The molecule has 2 N–H and O–H groups in total. The number of hydrogen-bond donors (Lipinski definition) is 1. The standard InChI is InChI=1S/C12H16N4/c1-12(2,3)9-7-14-16(8-9)11-6-4-5-10(13)15-11/h4-8H,1-3H3,(H2,13,15). The molecule has 84 valence electrons. The quantitative estimate of drug-likeness (QED) is 0.794. The van der Waals surface area contributed by atoms with Crippen LogP contribution >= 0.6 is 0 Å². The smallest absolute Gasteiger partial charge is 0.155 e. The van der Waals surface area contributed by atoms with E-state index in [1.54, 1.807) is 10.7 Å². The van der Waals surface area contributed by atoms with E-state index in [4.69, 9.17) is 5.73 Å². The molecule has 2 rings (SSSR count). The summed E-state index contributed by atoms with van der Waals surface area (Å²) in [6.45, 7) is 6.46. The van der Waals surface area contributed by atoms with Crippen LogP contribution in [-0.2, 0) is 5.41 Å². The topological polar surface area (TPSA) is 56.7 Å². The molecule has 0 saturated heterocycles. The van der Waals surface area contributed by atoms with Crippen LogP contribution in [0.4, 0.5) is 5.82 Å². The molecule has 0 aliphatic rings. The zero-order chi connectivity index (χ0) is 11.8. The van der Waals surface area contributed by atoms with Crippen LogP contribution < -0.4 is 5.73 Å². The lowest BCUT2D eigenvalue weighted by Crippen LogP contribution is -2.09. The number of nitrogen functional groups attached to an aromatic ring is 1. The molecule has 4 heteroatoms. The van der Waals surface area contributed by atoms with E-state index >= 15 is 0 Å². The third kappa shape index (κ3) is 2.05. The summed E-state index contributed by atoms with van der Waals surface area (Å²) in [7, 11) is 0. The highest BCUT2D eigenvalue weighted by Gasteiger charge is 2.16. The van der Waals surface area contributed by atoms with Gasteiger partial charge in [0.1, 0.15) is 5.82 Å². The molecule has 0 aliphatic carbocycles. The fourth-order valence-corrected chi connectivity index (χ4v) is 1.40. The molecule has 0 fully saturated rings. The van der Waals surface area contributed by atoms with Crippen molar-refractivity contribution in [3.8, 4) is 5.82 Å². The van der Waals surface area contributed by atoms with Gasteiger partial charge in [-0.2, -0.15) is 5.10 Å². The first-order valence-electron chi connectivity index (χ1n) is 5.25. The molecule has 0 atom stereocenters. The number of aromatic nitrogens is 3. The monoisotopic (exact) mass is 216 g/mol. The summed E-state index contributed by atoms with van der Waals surface area (Å²) in [5.41, 5.74) is 6.91. The molecule has 0 bridgehead atoms. The van der Waals surface area contributed by atoms with E-state index in [1.165, 1.54) is 5.56 Å². The molecule has 4 nitrogen and oxygen atoms in total. The van der Waals surface area contributed by atoms with Gasteiger partial charge in [-0.05, 0) is 23.1 Å². The lowest BCUT2D eigenvalue weighted by molar-refractivity contribution is 0.590. The van der Waals surface area contributed by atoms with Crippen LogP contribution in [0.15, 0.2) is 30.6 Å². The minimum absolute atomic E-state index is 0.0958. The van der Waals surface area contributed by atoms with Gasteiger partial charge in [0, 0.05) is 6.20 Å². The normalized spacial score (nSPS) is 11.7. The first-order valence-corrected chi connectivity index (χ1v) is 5.25. The summed E-state index contributed by atoms with van der Waals surface area (Å²) in [4.78, 5) is 4.22. The maximum absolute atomic E-state index is 5.64. The average molecular weight is 216 g/mol. The van der Waals surface area contributed by atoms with Crippen molar-refractivity contribution in [2.45, 2.75) is 26.2 Å². The summed E-state index contributed by atoms with van der Waals surface area (Å²) in [6.07, 6.45) is 3.85. The van der Waals surface area contributed by atoms with Crippen molar-refractivity contribution < 1.29 is 0 Å². The van der Waals surface area contributed by atoms with E-state index in [0.717, 1.165) is 5.82 Å². The van der Waals surface area contributed by atoms with E-state index < -0.39 is 0 Å². The van der Waals surface area contributed by atoms with Gasteiger partial charge in [-0.25, -0.2) is 9.67 Å². The molecule has 16 heavy (non-hydrogen) atoms. The number of rotatable bonds is 1. The average Bonchev–Trinajstić information content (AvgIpc) is 2.65. The number of anilines is 1. The molecule has 2 aromatic heterocycles. The van der Waals surface area contributed by atoms with Crippen molar-refractivity contribution in [1.82, 2.24) is 14.8 Å². The first-order chi connectivity index (χ1) is 7.47. The molecule has 0 unspecified atom stereocenters. The first kappa shape index (κ1) is 10.7. The Morgan fingerprint density at radius 1 is 1.25 bits per heavy atom. The second kappa shape index (κ2) is 3.63. The van der Waals surface area contributed by atoms with Crippen molar-refractivity contribution in [3.63, 3.8) is 0 Å². The number of nitrogens with zero attached hydrogens (tertiary/aromatic N) is 3. The molecule has 0 spiro atoms. The molecule has 0 aromatic carbocycles. The SMILES string of the molecule is CC(C)(C)c1cnn(-c2cccc(N)n2)c1. The summed E-state index contributed by atoms with van der Waals surface area (Å²) in [5, 5.41) is 4.29. The molecule has 2 aromatic rings. The predicted molar refractivity (Wildman–Crippen MR) is 64.5 cm³/mol. The molecule has 0 aliphatic heterocycles. The lowest BCUT2D eigenvalue weighted by atomic mass is 9.90. The van der Waals surface area contributed by atoms with E-state index in [2.05, 4.69) is 30.9 Å². The second-order valence-electron chi connectivity index (χ2n) is 4.84. The second-order valence-corrected chi connectivity index (χ2v) is 4.84. The van der Waals surface area contributed by atoms with Crippen LogP contribution in [0.3, 0.4) is 0 Å². The Morgan fingerprint density at radius 3 is 2.56 bits per heavy atom. The minimum Gasteiger partial charge on any atom is -0.384 e. The molecule has 2 heterocycles. The van der Waals surface area contributed by atoms with Gasteiger partial charge in [0.25, 0.3) is 0 Å². The minimum atomic E-state index is 0.0958. The largest absolute Gasteiger partial charge is 0.384 e. The highest BCUT2D eigenvalue weighted by Crippen LogP contribution is 2.21. The third-order valence-corrected chi connectivity index (χ3v) is 2.44. The van der Waals surface area contributed by atoms with Gasteiger partial charge < -0.3 is 5.73 Å².